The van der Waals surface area contributed by atoms with Crippen molar-refractivity contribution in [3.63, 3.8) is 0 Å². The van der Waals surface area contributed by atoms with E-state index in [-0.39, 0.29) is 18.4 Å². The number of benzene rings is 2. The fourth-order valence-corrected chi connectivity index (χ4v) is 2.84. The molecule has 27 heavy (non-hydrogen) atoms. The molecule has 2 aromatic rings. The molecule has 0 unspecified atom stereocenters. The minimum atomic E-state index is -0.328. The largest absolute Gasteiger partial charge is 0.496 e. The van der Waals surface area contributed by atoms with Crippen LogP contribution in [-0.4, -0.2) is 44.0 Å². The highest BCUT2D eigenvalue weighted by molar-refractivity contribution is 6.31. The van der Waals surface area contributed by atoms with E-state index in [0.717, 1.165) is 5.56 Å². The van der Waals surface area contributed by atoms with E-state index in [9.17, 15) is 9.59 Å². The van der Waals surface area contributed by atoms with Crippen LogP contribution >= 0.6 is 11.6 Å². The third kappa shape index (κ3) is 5.37. The Morgan fingerprint density at radius 2 is 1.67 bits per heavy atom. The van der Waals surface area contributed by atoms with Crippen molar-refractivity contribution in [3.05, 3.63) is 58.6 Å². The number of halogens is 1. The zero-order chi connectivity index (χ0) is 19.8. The normalized spacial score (nSPS) is 10.2. The summed E-state index contributed by atoms with van der Waals surface area (Å²) in [4.78, 5) is 26.1. The number of nitrogens with zero attached hydrogens (tertiary/aromatic N) is 1. The average molecular weight is 391 g/mol. The van der Waals surface area contributed by atoms with E-state index in [1.807, 2.05) is 18.2 Å². The number of amides is 2. The van der Waals surface area contributed by atoms with Crippen molar-refractivity contribution in [1.82, 2.24) is 10.2 Å². The zero-order valence-corrected chi connectivity index (χ0v) is 16.4. The van der Waals surface area contributed by atoms with E-state index < -0.39 is 0 Å². The van der Waals surface area contributed by atoms with Gasteiger partial charge in [0.15, 0.2) is 0 Å². The summed E-state index contributed by atoms with van der Waals surface area (Å²) < 4.78 is 10.5. The third-order valence-electron chi connectivity index (χ3n) is 4.09. The van der Waals surface area contributed by atoms with Crippen molar-refractivity contribution < 1.29 is 19.1 Å². The maximum Gasteiger partial charge on any atom is 0.258 e. The highest BCUT2D eigenvalue weighted by atomic mass is 35.5. The van der Waals surface area contributed by atoms with E-state index >= 15 is 0 Å². The molecule has 0 radical (unpaired) electrons. The molecule has 2 amide bonds. The molecule has 0 atom stereocenters. The Labute approximate surface area is 164 Å². The molecule has 6 nitrogen and oxygen atoms in total. The fraction of sp³-hybridized carbons (Fsp3) is 0.300. The lowest BCUT2D eigenvalue weighted by atomic mass is 10.1. The van der Waals surface area contributed by atoms with E-state index in [2.05, 4.69) is 5.32 Å². The predicted molar refractivity (Wildman–Crippen MR) is 104 cm³/mol. The Bertz CT molecular complexity index is 788. The Morgan fingerprint density at radius 3 is 2.22 bits per heavy atom. The second-order valence-electron chi connectivity index (χ2n) is 5.83. The molecule has 0 spiro atoms. The number of rotatable bonds is 8. The van der Waals surface area contributed by atoms with Gasteiger partial charge in [-0.15, -0.1) is 0 Å². The predicted octanol–water partition coefficient (Wildman–Crippen LogP) is 3.14. The van der Waals surface area contributed by atoms with Crippen LogP contribution in [0.5, 0.6) is 11.5 Å². The molecular formula is C20H23ClN2O4. The number of nitrogens with one attached hydrogen (secondary N) is 1. The lowest BCUT2D eigenvalue weighted by molar-refractivity contribution is -0.129. The minimum Gasteiger partial charge on any atom is -0.496 e. The number of carbonyl (C=O) groups is 2. The second kappa shape index (κ2) is 9.83. The molecule has 0 saturated carbocycles. The van der Waals surface area contributed by atoms with Gasteiger partial charge in [0.1, 0.15) is 17.1 Å². The SMILES string of the molecule is COc1cccc(OC)c1C(=O)NCCN(Cc1ccccc1Cl)C(C)=O. The molecule has 0 aliphatic heterocycles. The Balaban J connectivity index is 2.02. The van der Waals surface area contributed by atoms with Gasteiger partial charge in [0.2, 0.25) is 5.91 Å². The monoisotopic (exact) mass is 390 g/mol. The van der Waals surface area contributed by atoms with Crippen LogP contribution in [0, 0.1) is 0 Å². The van der Waals surface area contributed by atoms with Gasteiger partial charge in [-0.2, -0.15) is 0 Å². The van der Waals surface area contributed by atoms with Crippen LogP contribution in [0.3, 0.4) is 0 Å². The highest BCUT2D eigenvalue weighted by Gasteiger charge is 2.18. The topological polar surface area (TPSA) is 67.9 Å². The van der Waals surface area contributed by atoms with Crippen molar-refractivity contribution in [3.8, 4) is 11.5 Å². The van der Waals surface area contributed by atoms with Crippen LogP contribution < -0.4 is 14.8 Å². The summed E-state index contributed by atoms with van der Waals surface area (Å²) in [6, 6.07) is 12.5. The molecule has 0 aliphatic rings. The zero-order valence-electron chi connectivity index (χ0n) is 15.6. The first-order valence-corrected chi connectivity index (χ1v) is 8.83. The minimum absolute atomic E-state index is 0.0981. The molecule has 144 valence electrons. The van der Waals surface area contributed by atoms with E-state index in [1.54, 1.807) is 29.2 Å². The molecule has 0 bridgehead atoms. The lowest BCUT2D eigenvalue weighted by Crippen LogP contribution is -2.37. The summed E-state index contributed by atoms with van der Waals surface area (Å²) in [7, 11) is 2.99. The van der Waals surface area contributed by atoms with Gasteiger partial charge in [0.25, 0.3) is 5.91 Å². The summed E-state index contributed by atoms with van der Waals surface area (Å²) in [6.07, 6.45) is 0. The van der Waals surface area contributed by atoms with E-state index in [1.165, 1.54) is 21.1 Å². The van der Waals surface area contributed by atoms with Gasteiger partial charge in [0, 0.05) is 31.6 Å². The summed E-state index contributed by atoms with van der Waals surface area (Å²) >= 11 is 6.17. The smallest absolute Gasteiger partial charge is 0.258 e. The van der Waals surface area contributed by atoms with Crippen LogP contribution in [0.15, 0.2) is 42.5 Å². The van der Waals surface area contributed by atoms with Crippen molar-refractivity contribution >= 4 is 23.4 Å². The first-order chi connectivity index (χ1) is 13.0. The first kappa shape index (κ1) is 20.6. The number of methoxy groups -OCH3 is 2. The van der Waals surface area contributed by atoms with E-state index in [0.29, 0.717) is 35.2 Å². The first-order valence-electron chi connectivity index (χ1n) is 8.46. The van der Waals surface area contributed by atoms with Crippen molar-refractivity contribution in [1.29, 1.82) is 0 Å². The molecule has 2 aromatic carbocycles. The molecule has 0 aliphatic carbocycles. The summed E-state index contributed by atoms with van der Waals surface area (Å²) in [5, 5.41) is 3.41. The maximum atomic E-state index is 12.6. The van der Waals surface area contributed by atoms with Crippen LogP contribution in [0.4, 0.5) is 0 Å². The number of hydrogen-bond donors (Lipinski definition) is 1. The number of hydrogen-bond acceptors (Lipinski definition) is 4. The van der Waals surface area contributed by atoms with Gasteiger partial charge in [0.05, 0.1) is 14.2 Å². The Hall–Kier alpha value is -2.73. The summed E-state index contributed by atoms with van der Waals surface area (Å²) in [5.41, 5.74) is 1.18. The molecule has 0 fully saturated rings. The van der Waals surface area contributed by atoms with Crippen LogP contribution in [0.1, 0.15) is 22.8 Å². The summed E-state index contributed by atoms with van der Waals surface area (Å²) in [5.74, 6) is 0.419. The van der Waals surface area contributed by atoms with Gasteiger partial charge in [-0.3, -0.25) is 9.59 Å². The fourth-order valence-electron chi connectivity index (χ4n) is 2.65. The van der Waals surface area contributed by atoms with Gasteiger partial charge in [-0.1, -0.05) is 35.9 Å². The molecular weight excluding hydrogens is 368 g/mol. The van der Waals surface area contributed by atoms with Crippen LogP contribution in [0.25, 0.3) is 0 Å². The van der Waals surface area contributed by atoms with Gasteiger partial charge >= 0.3 is 0 Å². The lowest BCUT2D eigenvalue weighted by Gasteiger charge is -2.22. The highest BCUT2D eigenvalue weighted by Crippen LogP contribution is 2.27. The number of carbonyl (C=O) groups excluding carboxylic acids is 2. The van der Waals surface area contributed by atoms with Gasteiger partial charge < -0.3 is 19.7 Å². The van der Waals surface area contributed by atoms with Crippen molar-refractivity contribution in [2.75, 3.05) is 27.3 Å². The average Bonchev–Trinajstić information content (AvgIpc) is 2.67. The third-order valence-corrected chi connectivity index (χ3v) is 4.46. The molecule has 0 heterocycles. The second-order valence-corrected chi connectivity index (χ2v) is 6.23. The quantitative estimate of drug-likeness (QED) is 0.751. The van der Waals surface area contributed by atoms with Crippen LogP contribution in [-0.2, 0) is 11.3 Å². The molecule has 1 N–H and O–H groups in total. The van der Waals surface area contributed by atoms with Crippen LogP contribution in [0.2, 0.25) is 5.02 Å². The number of ether oxygens (including phenoxy) is 2. The molecule has 2 rings (SSSR count). The molecule has 7 heteroatoms. The summed E-state index contributed by atoms with van der Waals surface area (Å²) in [6.45, 7) is 2.50. The van der Waals surface area contributed by atoms with Gasteiger partial charge in [-0.05, 0) is 23.8 Å². The standard InChI is InChI=1S/C20H23ClN2O4/c1-14(24)23(13-15-7-4-5-8-16(15)21)12-11-22-20(25)19-17(26-2)9-6-10-18(19)27-3/h4-10H,11-13H2,1-3H3,(H,22,25). The molecule has 0 saturated heterocycles. The Kier molecular flexibility index (Phi) is 7.49. The van der Waals surface area contributed by atoms with Crippen molar-refractivity contribution in [2.24, 2.45) is 0 Å². The van der Waals surface area contributed by atoms with Crippen molar-refractivity contribution in [2.45, 2.75) is 13.5 Å². The Morgan fingerprint density at radius 1 is 1.04 bits per heavy atom. The molecule has 0 aromatic heterocycles. The van der Waals surface area contributed by atoms with E-state index in [4.69, 9.17) is 21.1 Å². The van der Waals surface area contributed by atoms with Gasteiger partial charge in [-0.25, -0.2) is 0 Å². The maximum absolute atomic E-state index is 12.6.